The lowest BCUT2D eigenvalue weighted by molar-refractivity contribution is 0.118. The highest BCUT2D eigenvalue weighted by Gasteiger charge is 2.20. The van der Waals surface area contributed by atoms with Crippen LogP contribution in [0.1, 0.15) is 12.0 Å². The molecule has 0 bridgehead atoms. The Kier molecular flexibility index (Phi) is 4.53. The minimum absolute atomic E-state index is 0.257. The molecular formula is C12H17NO3S. The van der Waals surface area contributed by atoms with E-state index in [9.17, 15) is 0 Å². The lowest BCUT2D eigenvalue weighted by Gasteiger charge is -2.18. The van der Waals surface area contributed by atoms with Gasteiger partial charge in [0.1, 0.15) is 6.10 Å². The Labute approximate surface area is 105 Å². The van der Waals surface area contributed by atoms with Crippen molar-refractivity contribution in [3.63, 3.8) is 0 Å². The van der Waals surface area contributed by atoms with E-state index in [1.807, 2.05) is 30.0 Å². The van der Waals surface area contributed by atoms with Crippen LogP contribution in [0.15, 0.2) is 18.2 Å². The highest BCUT2D eigenvalue weighted by molar-refractivity contribution is 7.99. The molecule has 2 rings (SSSR count). The van der Waals surface area contributed by atoms with Crippen LogP contribution in [0.2, 0.25) is 0 Å². The quantitative estimate of drug-likeness (QED) is 0.815. The van der Waals surface area contributed by atoms with Crippen molar-refractivity contribution >= 4 is 11.8 Å². The molecule has 1 atom stereocenters. The zero-order chi connectivity index (χ0) is 12.1. The first-order valence-electron chi connectivity index (χ1n) is 5.57. The number of hydrogen-bond acceptors (Lipinski definition) is 5. The molecule has 0 aliphatic carbocycles. The van der Waals surface area contributed by atoms with Gasteiger partial charge in [0.15, 0.2) is 11.5 Å². The topological polar surface area (TPSA) is 53.7 Å². The maximum absolute atomic E-state index is 6.00. The fourth-order valence-corrected chi connectivity index (χ4v) is 2.93. The van der Waals surface area contributed by atoms with E-state index in [1.165, 1.54) is 0 Å². The molecule has 1 aromatic carbocycles. The Balaban J connectivity index is 2.20. The second-order valence-corrected chi connectivity index (χ2v) is 5.01. The van der Waals surface area contributed by atoms with Gasteiger partial charge < -0.3 is 9.47 Å². The van der Waals surface area contributed by atoms with Crippen LogP contribution in [-0.2, 0) is 11.4 Å². The first kappa shape index (κ1) is 12.5. The fraction of sp³-hybridized carbons (Fsp3) is 0.500. The van der Waals surface area contributed by atoms with Crippen molar-refractivity contribution in [2.75, 3.05) is 18.6 Å². The summed E-state index contributed by atoms with van der Waals surface area (Å²) in [5.74, 6) is 8.80. The molecule has 0 radical (unpaired) electrons. The zero-order valence-corrected chi connectivity index (χ0v) is 10.7. The van der Waals surface area contributed by atoms with Crippen molar-refractivity contribution in [2.45, 2.75) is 19.1 Å². The molecule has 4 nitrogen and oxygen atoms in total. The van der Waals surface area contributed by atoms with E-state index in [0.29, 0.717) is 6.61 Å². The molecule has 1 heterocycles. The minimum Gasteiger partial charge on any atom is -0.493 e. The van der Waals surface area contributed by atoms with Gasteiger partial charge in [-0.2, -0.15) is 11.8 Å². The molecule has 0 amide bonds. The van der Waals surface area contributed by atoms with Crippen molar-refractivity contribution in [3.8, 4) is 11.5 Å². The zero-order valence-electron chi connectivity index (χ0n) is 9.85. The Hall–Kier alpha value is -0.910. The van der Waals surface area contributed by atoms with Crippen molar-refractivity contribution in [1.82, 2.24) is 0 Å². The Bertz CT molecular complexity index is 367. The van der Waals surface area contributed by atoms with Gasteiger partial charge in [-0.15, -0.1) is 0 Å². The van der Waals surface area contributed by atoms with Gasteiger partial charge in [0.2, 0.25) is 0 Å². The van der Waals surface area contributed by atoms with Crippen molar-refractivity contribution < 1.29 is 14.3 Å². The second kappa shape index (κ2) is 6.14. The van der Waals surface area contributed by atoms with Crippen molar-refractivity contribution in [3.05, 3.63) is 23.8 Å². The summed E-state index contributed by atoms with van der Waals surface area (Å²) in [6, 6.07) is 5.73. The number of para-hydroxylation sites is 1. The smallest absolute Gasteiger partial charge is 0.167 e. The van der Waals surface area contributed by atoms with Crippen molar-refractivity contribution in [1.29, 1.82) is 0 Å². The average molecular weight is 255 g/mol. The third-order valence-electron chi connectivity index (χ3n) is 2.69. The Morgan fingerprint density at radius 3 is 3.00 bits per heavy atom. The fourth-order valence-electron chi connectivity index (χ4n) is 1.83. The van der Waals surface area contributed by atoms with Gasteiger partial charge in [0.05, 0.1) is 13.7 Å². The summed E-state index contributed by atoms with van der Waals surface area (Å²) in [6.45, 7) is 0.326. The van der Waals surface area contributed by atoms with E-state index in [-0.39, 0.29) is 6.10 Å². The van der Waals surface area contributed by atoms with Crippen LogP contribution in [0.25, 0.3) is 0 Å². The van der Waals surface area contributed by atoms with Gasteiger partial charge in [-0.1, -0.05) is 12.1 Å². The number of hydrogen-bond donors (Lipinski definition) is 1. The molecule has 2 N–H and O–H groups in total. The number of rotatable bonds is 5. The molecule has 94 valence electrons. The largest absolute Gasteiger partial charge is 0.493 e. The predicted octanol–water partition coefficient (Wildman–Crippen LogP) is 1.97. The summed E-state index contributed by atoms with van der Waals surface area (Å²) in [5, 5.41) is 0. The maximum Gasteiger partial charge on any atom is 0.167 e. The molecule has 17 heavy (non-hydrogen) atoms. The van der Waals surface area contributed by atoms with E-state index in [0.717, 1.165) is 35.0 Å². The molecule has 1 saturated heterocycles. The third kappa shape index (κ3) is 3.06. The van der Waals surface area contributed by atoms with Crippen LogP contribution in [0, 0.1) is 0 Å². The average Bonchev–Trinajstić information content (AvgIpc) is 2.84. The molecule has 1 unspecified atom stereocenters. The van der Waals surface area contributed by atoms with Gasteiger partial charge >= 0.3 is 0 Å². The lowest BCUT2D eigenvalue weighted by atomic mass is 10.2. The highest BCUT2D eigenvalue weighted by atomic mass is 32.2. The Morgan fingerprint density at radius 1 is 1.47 bits per heavy atom. The molecule has 1 aliphatic rings. The number of benzene rings is 1. The summed E-state index contributed by atoms with van der Waals surface area (Å²) in [6.07, 6.45) is 1.33. The standard InChI is InChI=1S/C12H17NO3S/c1-14-11-4-2-3-9(7-15-13)12(11)16-10-5-6-17-8-10/h2-4,10H,5-8,13H2,1H3. The number of methoxy groups -OCH3 is 1. The third-order valence-corrected chi connectivity index (χ3v) is 3.82. The van der Waals surface area contributed by atoms with Gasteiger partial charge in [0, 0.05) is 11.3 Å². The minimum atomic E-state index is 0.257. The van der Waals surface area contributed by atoms with Gasteiger partial charge in [-0.05, 0) is 18.2 Å². The van der Waals surface area contributed by atoms with E-state index < -0.39 is 0 Å². The van der Waals surface area contributed by atoms with Gasteiger partial charge in [-0.25, -0.2) is 5.90 Å². The van der Waals surface area contributed by atoms with Crippen LogP contribution in [-0.4, -0.2) is 24.7 Å². The van der Waals surface area contributed by atoms with Crippen LogP contribution < -0.4 is 15.4 Å². The number of ether oxygens (including phenoxy) is 2. The van der Waals surface area contributed by atoms with E-state index in [2.05, 4.69) is 0 Å². The summed E-state index contributed by atoms with van der Waals surface area (Å²) < 4.78 is 11.3. The number of nitrogens with two attached hydrogens (primary N) is 1. The molecule has 0 spiro atoms. The molecule has 5 heteroatoms. The van der Waals surface area contributed by atoms with Crippen LogP contribution in [0.4, 0.5) is 0 Å². The van der Waals surface area contributed by atoms with E-state index in [4.69, 9.17) is 20.2 Å². The van der Waals surface area contributed by atoms with Crippen molar-refractivity contribution in [2.24, 2.45) is 5.90 Å². The monoisotopic (exact) mass is 255 g/mol. The van der Waals surface area contributed by atoms with E-state index in [1.54, 1.807) is 7.11 Å². The van der Waals surface area contributed by atoms with Gasteiger partial charge in [0.25, 0.3) is 0 Å². The molecule has 1 aromatic rings. The molecule has 1 aliphatic heterocycles. The van der Waals surface area contributed by atoms with Gasteiger partial charge in [-0.3, -0.25) is 4.84 Å². The van der Waals surface area contributed by atoms with Crippen LogP contribution >= 0.6 is 11.8 Å². The summed E-state index contributed by atoms with van der Waals surface area (Å²) in [7, 11) is 1.64. The normalized spacial score (nSPS) is 19.3. The highest BCUT2D eigenvalue weighted by Crippen LogP contribution is 2.34. The first-order valence-corrected chi connectivity index (χ1v) is 6.72. The van der Waals surface area contributed by atoms with E-state index >= 15 is 0 Å². The van der Waals surface area contributed by atoms with Crippen LogP contribution in [0.5, 0.6) is 11.5 Å². The summed E-state index contributed by atoms with van der Waals surface area (Å²) in [4.78, 5) is 4.69. The molecular weight excluding hydrogens is 238 g/mol. The molecule has 0 saturated carbocycles. The maximum atomic E-state index is 6.00. The lowest BCUT2D eigenvalue weighted by Crippen LogP contribution is -2.16. The SMILES string of the molecule is COc1cccc(CON)c1OC1CCSC1. The Morgan fingerprint density at radius 2 is 2.35 bits per heavy atom. The molecule has 1 fully saturated rings. The molecule has 0 aromatic heterocycles. The summed E-state index contributed by atoms with van der Waals surface area (Å²) >= 11 is 1.91. The number of thioether (sulfide) groups is 1. The van der Waals surface area contributed by atoms with Crippen LogP contribution in [0.3, 0.4) is 0 Å². The predicted molar refractivity (Wildman–Crippen MR) is 68.3 cm³/mol. The summed E-state index contributed by atoms with van der Waals surface area (Å²) in [5.41, 5.74) is 0.920. The second-order valence-electron chi connectivity index (χ2n) is 3.86. The first-order chi connectivity index (χ1) is 8.35.